The van der Waals surface area contributed by atoms with Crippen LogP contribution in [0.25, 0.3) is 0 Å². The van der Waals surface area contributed by atoms with Gasteiger partial charge in [-0.1, -0.05) is 13.0 Å². The van der Waals surface area contributed by atoms with Crippen molar-refractivity contribution in [3.8, 4) is 0 Å². The van der Waals surface area contributed by atoms with Crippen LogP contribution in [0.4, 0.5) is 0 Å². The highest BCUT2D eigenvalue weighted by molar-refractivity contribution is 5.83. The molecular formula is C11H20N2O. The van der Waals surface area contributed by atoms with Gasteiger partial charge in [-0.3, -0.25) is 4.79 Å². The number of carbonyl (C=O) groups is 1. The van der Waals surface area contributed by atoms with E-state index in [1.165, 1.54) is 0 Å². The van der Waals surface area contributed by atoms with Gasteiger partial charge in [-0.2, -0.15) is 0 Å². The first-order valence-corrected chi connectivity index (χ1v) is 5.29. The second kappa shape index (κ2) is 4.60. The fraction of sp³-hybridized carbons (Fsp3) is 0.727. The Hall–Kier alpha value is -0.830. The maximum absolute atomic E-state index is 12.0. The average Bonchev–Trinajstić information content (AvgIpc) is 2.67. The Morgan fingerprint density at radius 3 is 2.93 bits per heavy atom. The van der Waals surface area contributed by atoms with E-state index < -0.39 is 0 Å². The summed E-state index contributed by atoms with van der Waals surface area (Å²) in [6.45, 7) is 9.43. The molecule has 0 radical (unpaired) electrons. The third-order valence-corrected chi connectivity index (χ3v) is 3.11. The lowest BCUT2D eigenvalue weighted by atomic mass is 9.83. The van der Waals surface area contributed by atoms with Gasteiger partial charge in [-0.05, 0) is 26.3 Å². The van der Waals surface area contributed by atoms with Gasteiger partial charge in [0, 0.05) is 12.6 Å². The Morgan fingerprint density at radius 2 is 2.50 bits per heavy atom. The number of nitrogens with one attached hydrogen (secondary N) is 2. The van der Waals surface area contributed by atoms with Crippen LogP contribution < -0.4 is 10.6 Å². The standard InChI is InChI=1S/C11H20N2O/c1-4-9(3)13-10(14)11(5-2)6-7-12-8-11/h4,9,12H,1,5-8H2,2-3H3,(H,13,14). The Bertz CT molecular complexity index is 219. The SMILES string of the molecule is C=CC(C)NC(=O)C1(CC)CCNC1. The Morgan fingerprint density at radius 1 is 1.79 bits per heavy atom. The molecule has 1 aliphatic rings. The molecule has 2 N–H and O–H groups in total. The van der Waals surface area contributed by atoms with Crippen LogP contribution in [0.15, 0.2) is 12.7 Å². The summed E-state index contributed by atoms with van der Waals surface area (Å²) in [5.74, 6) is 0.164. The normalized spacial score (nSPS) is 28.4. The molecule has 1 rings (SSSR count). The number of rotatable bonds is 4. The predicted molar refractivity (Wildman–Crippen MR) is 58.0 cm³/mol. The van der Waals surface area contributed by atoms with Crippen LogP contribution in [0.5, 0.6) is 0 Å². The van der Waals surface area contributed by atoms with Crippen LogP contribution in [-0.4, -0.2) is 25.0 Å². The van der Waals surface area contributed by atoms with Crippen molar-refractivity contribution in [2.24, 2.45) is 5.41 Å². The molecule has 1 amide bonds. The van der Waals surface area contributed by atoms with Crippen molar-refractivity contribution in [2.45, 2.75) is 32.7 Å². The van der Waals surface area contributed by atoms with Crippen molar-refractivity contribution >= 4 is 5.91 Å². The molecule has 2 unspecified atom stereocenters. The molecule has 14 heavy (non-hydrogen) atoms. The minimum Gasteiger partial charge on any atom is -0.350 e. The highest BCUT2D eigenvalue weighted by atomic mass is 16.2. The Kier molecular flexibility index (Phi) is 3.69. The van der Waals surface area contributed by atoms with Crippen LogP contribution in [0.3, 0.4) is 0 Å². The first kappa shape index (κ1) is 11.2. The maximum Gasteiger partial charge on any atom is 0.227 e. The van der Waals surface area contributed by atoms with E-state index >= 15 is 0 Å². The quantitative estimate of drug-likeness (QED) is 0.660. The zero-order valence-corrected chi connectivity index (χ0v) is 9.10. The van der Waals surface area contributed by atoms with Gasteiger partial charge < -0.3 is 10.6 Å². The second-order valence-corrected chi connectivity index (χ2v) is 4.06. The summed E-state index contributed by atoms with van der Waals surface area (Å²) in [5, 5.41) is 6.22. The van der Waals surface area contributed by atoms with Gasteiger partial charge in [0.15, 0.2) is 0 Å². The van der Waals surface area contributed by atoms with Crippen molar-refractivity contribution in [3.63, 3.8) is 0 Å². The van der Waals surface area contributed by atoms with E-state index in [4.69, 9.17) is 0 Å². The molecule has 1 heterocycles. The lowest BCUT2D eigenvalue weighted by Crippen LogP contribution is -2.45. The van der Waals surface area contributed by atoms with Gasteiger partial charge in [0.2, 0.25) is 5.91 Å². The number of hydrogen-bond acceptors (Lipinski definition) is 2. The summed E-state index contributed by atoms with van der Waals surface area (Å²) in [7, 11) is 0. The van der Waals surface area contributed by atoms with Crippen LogP contribution in [0, 0.1) is 5.41 Å². The summed E-state index contributed by atoms with van der Waals surface area (Å²) in [6.07, 6.45) is 3.60. The molecule has 1 fully saturated rings. The summed E-state index contributed by atoms with van der Waals surface area (Å²) in [5.41, 5.74) is -0.183. The van der Waals surface area contributed by atoms with E-state index in [0.717, 1.165) is 25.9 Å². The third-order valence-electron chi connectivity index (χ3n) is 3.11. The highest BCUT2D eigenvalue weighted by Gasteiger charge is 2.39. The maximum atomic E-state index is 12.0. The molecule has 0 bridgehead atoms. The molecular weight excluding hydrogens is 176 g/mol. The first-order chi connectivity index (χ1) is 6.64. The van der Waals surface area contributed by atoms with Crippen LogP contribution in [-0.2, 0) is 4.79 Å². The smallest absolute Gasteiger partial charge is 0.227 e. The predicted octanol–water partition coefficient (Wildman–Crippen LogP) is 1.07. The number of carbonyl (C=O) groups excluding carboxylic acids is 1. The highest BCUT2D eigenvalue weighted by Crippen LogP contribution is 2.29. The van der Waals surface area contributed by atoms with E-state index in [2.05, 4.69) is 24.1 Å². The summed E-state index contributed by atoms with van der Waals surface area (Å²) in [4.78, 5) is 12.0. The fourth-order valence-electron chi connectivity index (χ4n) is 1.82. The summed E-state index contributed by atoms with van der Waals surface area (Å²) < 4.78 is 0. The average molecular weight is 196 g/mol. The zero-order chi connectivity index (χ0) is 10.6. The van der Waals surface area contributed by atoms with Gasteiger partial charge in [-0.25, -0.2) is 0 Å². The van der Waals surface area contributed by atoms with Gasteiger partial charge in [-0.15, -0.1) is 6.58 Å². The molecule has 0 aromatic carbocycles. The van der Waals surface area contributed by atoms with Crippen LogP contribution in [0.1, 0.15) is 26.7 Å². The molecule has 3 heteroatoms. The van der Waals surface area contributed by atoms with E-state index in [9.17, 15) is 4.79 Å². The molecule has 0 aromatic rings. The van der Waals surface area contributed by atoms with Crippen molar-refractivity contribution in [2.75, 3.05) is 13.1 Å². The van der Waals surface area contributed by atoms with Crippen molar-refractivity contribution in [1.82, 2.24) is 10.6 Å². The molecule has 80 valence electrons. The molecule has 1 aliphatic heterocycles. The monoisotopic (exact) mass is 196 g/mol. The number of hydrogen-bond donors (Lipinski definition) is 2. The van der Waals surface area contributed by atoms with Crippen LogP contribution >= 0.6 is 0 Å². The summed E-state index contributed by atoms with van der Waals surface area (Å²) >= 11 is 0. The Balaban J connectivity index is 2.60. The van der Waals surface area contributed by atoms with E-state index in [-0.39, 0.29) is 17.4 Å². The minimum atomic E-state index is -0.183. The van der Waals surface area contributed by atoms with Gasteiger partial charge in [0.05, 0.1) is 5.41 Å². The molecule has 0 saturated carbocycles. The lowest BCUT2D eigenvalue weighted by Gasteiger charge is -2.26. The molecule has 1 saturated heterocycles. The van der Waals surface area contributed by atoms with E-state index in [0.29, 0.717) is 0 Å². The number of amides is 1. The second-order valence-electron chi connectivity index (χ2n) is 4.06. The third kappa shape index (κ3) is 2.15. The van der Waals surface area contributed by atoms with Gasteiger partial charge in [0.1, 0.15) is 0 Å². The van der Waals surface area contributed by atoms with Crippen molar-refractivity contribution < 1.29 is 4.79 Å². The minimum absolute atomic E-state index is 0.0616. The molecule has 0 spiro atoms. The van der Waals surface area contributed by atoms with Crippen molar-refractivity contribution in [3.05, 3.63) is 12.7 Å². The largest absolute Gasteiger partial charge is 0.350 e. The molecule has 2 atom stereocenters. The van der Waals surface area contributed by atoms with Gasteiger partial charge in [0.25, 0.3) is 0 Å². The van der Waals surface area contributed by atoms with Crippen molar-refractivity contribution in [1.29, 1.82) is 0 Å². The van der Waals surface area contributed by atoms with E-state index in [1.54, 1.807) is 6.08 Å². The van der Waals surface area contributed by atoms with Gasteiger partial charge >= 0.3 is 0 Å². The van der Waals surface area contributed by atoms with Crippen LogP contribution in [0.2, 0.25) is 0 Å². The van der Waals surface area contributed by atoms with E-state index in [1.807, 2.05) is 6.92 Å². The lowest BCUT2D eigenvalue weighted by molar-refractivity contribution is -0.130. The zero-order valence-electron chi connectivity index (χ0n) is 9.10. The Labute approximate surface area is 86.0 Å². The topological polar surface area (TPSA) is 41.1 Å². The fourth-order valence-corrected chi connectivity index (χ4v) is 1.82. The molecule has 0 aliphatic carbocycles. The summed E-state index contributed by atoms with van der Waals surface area (Å²) in [6, 6.07) is 0.0616. The molecule has 3 nitrogen and oxygen atoms in total. The first-order valence-electron chi connectivity index (χ1n) is 5.29. The molecule has 0 aromatic heterocycles.